The summed E-state index contributed by atoms with van der Waals surface area (Å²) in [5, 5.41) is 3.15. The van der Waals surface area contributed by atoms with Gasteiger partial charge in [0, 0.05) is 11.1 Å². The lowest BCUT2D eigenvalue weighted by Crippen LogP contribution is -2.21. The zero-order chi connectivity index (χ0) is 9.61. The first-order chi connectivity index (χ1) is 5.52. The molecule has 2 nitrogen and oxygen atoms in total. The van der Waals surface area contributed by atoms with E-state index in [4.69, 9.17) is 0 Å². The van der Waals surface area contributed by atoms with Crippen LogP contribution in [0.2, 0.25) is 0 Å². The van der Waals surface area contributed by atoms with Gasteiger partial charge in [0.1, 0.15) is 0 Å². The zero-order valence-electron chi connectivity index (χ0n) is 8.65. The van der Waals surface area contributed by atoms with E-state index in [2.05, 4.69) is 44.6 Å². The lowest BCUT2D eigenvalue weighted by molar-refractivity contribution is 0.587. The molecule has 0 fully saturated rings. The summed E-state index contributed by atoms with van der Waals surface area (Å²) in [5.74, 6) is 0. The van der Waals surface area contributed by atoms with Gasteiger partial charge in [-0.05, 0) is 12.6 Å². The van der Waals surface area contributed by atoms with E-state index in [0.29, 0.717) is 6.67 Å². The van der Waals surface area contributed by atoms with Crippen molar-refractivity contribution in [1.29, 1.82) is 0 Å². The van der Waals surface area contributed by atoms with Crippen LogP contribution in [0.1, 0.15) is 27.7 Å². The van der Waals surface area contributed by atoms with E-state index in [9.17, 15) is 0 Å². The molecule has 70 valence electrons. The highest BCUT2D eigenvalue weighted by atomic mass is 15.0. The molecule has 0 atom stereocenters. The highest BCUT2D eigenvalue weighted by Crippen LogP contribution is 2.16. The summed E-state index contributed by atoms with van der Waals surface area (Å²) in [6, 6.07) is 0. The van der Waals surface area contributed by atoms with E-state index in [-0.39, 0.29) is 5.41 Å². The van der Waals surface area contributed by atoms with E-state index in [1.807, 2.05) is 6.08 Å². The van der Waals surface area contributed by atoms with E-state index in [0.717, 1.165) is 12.3 Å². The van der Waals surface area contributed by atoms with Gasteiger partial charge in [-0.25, -0.2) is 0 Å². The first-order valence-corrected chi connectivity index (χ1v) is 4.40. The van der Waals surface area contributed by atoms with Crippen molar-refractivity contribution in [3.8, 4) is 0 Å². The Morgan fingerprint density at radius 1 is 1.50 bits per heavy atom. The summed E-state index contributed by atoms with van der Waals surface area (Å²) in [6.45, 7) is 13.9. The van der Waals surface area contributed by atoms with Crippen LogP contribution in [0.5, 0.6) is 0 Å². The number of nitrogens with zero attached hydrogens (tertiary/aromatic N) is 1. The predicted molar refractivity (Wildman–Crippen MR) is 55.6 cm³/mol. The van der Waals surface area contributed by atoms with Crippen molar-refractivity contribution in [1.82, 2.24) is 5.32 Å². The van der Waals surface area contributed by atoms with Crippen LogP contribution in [0.15, 0.2) is 17.6 Å². The van der Waals surface area contributed by atoms with Crippen molar-refractivity contribution in [2.45, 2.75) is 27.7 Å². The molecular formula is C10H20N2. The fourth-order valence-corrected chi connectivity index (χ4v) is 0.861. The Labute approximate surface area is 75.8 Å². The van der Waals surface area contributed by atoms with Crippen molar-refractivity contribution in [3.05, 3.63) is 12.7 Å². The second-order valence-electron chi connectivity index (χ2n) is 3.76. The number of rotatable bonds is 4. The van der Waals surface area contributed by atoms with Crippen molar-refractivity contribution >= 4 is 5.71 Å². The normalized spacial score (nSPS) is 13.2. The molecule has 0 radical (unpaired) electrons. The van der Waals surface area contributed by atoms with E-state index in [1.54, 1.807) is 0 Å². The monoisotopic (exact) mass is 168 g/mol. The van der Waals surface area contributed by atoms with Crippen LogP contribution >= 0.6 is 0 Å². The Morgan fingerprint density at radius 3 is 2.42 bits per heavy atom. The lowest BCUT2D eigenvalue weighted by Gasteiger charge is -2.18. The minimum absolute atomic E-state index is 0.108. The predicted octanol–water partition coefficient (Wildman–Crippen LogP) is 2.23. The number of hydrogen-bond donors (Lipinski definition) is 1. The minimum Gasteiger partial charge on any atom is -0.299 e. The van der Waals surface area contributed by atoms with Gasteiger partial charge in [-0.2, -0.15) is 0 Å². The summed E-state index contributed by atoms with van der Waals surface area (Å²) in [6.07, 6.45) is 1.83. The summed E-state index contributed by atoms with van der Waals surface area (Å²) < 4.78 is 0. The first kappa shape index (κ1) is 11.4. The average molecular weight is 168 g/mol. The van der Waals surface area contributed by atoms with Crippen LogP contribution in [0.25, 0.3) is 0 Å². The third-order valence-electron chi connectivity index (χ3n) is 1.57. The molecule has 0 heterocycles. The minimum atomic E-state index is 0.108. The largest absolute Gasteiger partial charge is 0.299 e. The molecule has 0 aromatic carbocycles. The van der Waals surface area contributed by atoms with Crippen LogP contribution < -0.4 is 5.32 Å². The van der Waals surface area contributed by atoms with Gasteiger partial charge in [-0.15, -0.1) is 0 Å². The number of hydrogen-bond acceptors (Lipinski definition) is 2. The van der Waals surface area contributed by atoms with Gasteiger partial charge in [0.05, 0.1) is 6.67 Å². The van der Waals surface area contributed by atoms with Gasteiger partial charge in [-0.1, -0.05) is 34.3 Å². The SMILES string of the molecule is C=C/C(=N\CNCC)C(C)(C)C. The highest BCUT2D eigenvalue weighted by molar-refractivity contribution is 5.98. The first-order valence-electron chi connectivity index (χ1n) is 4.40. The van der Waals surface area contributed by atoms with Gasteiger partial charge in [-0.3, -0.25) is 10.3 Å². The number of nitrogens with one attached hydrogen (secondary N) is 1. The Balaban J connectivity index is 4.14. The van der Waals surface area contributed by atoms with Crippen LogP contribution in [0.4, 0.5) is 0 Å². The molecule has 0 aliphatic rings. The van der Waals surface area contributed by atoms with E-state index < -0.39 is 0 Å². The van der Waals surface area contributed by atoms with Crippen molar-refractivity contribution in [2.75, 3.05) is 13.2 Å². The molecule has 0 bridgehead atoms. The second-order valence-corrected chi connectivity index (χ2v) is 3.76. The van der Waals surface area contributed by atoms with Gasteiger partial charge in [0.25, 0.3) is 0 Å². The van der Waals surface area contributed by atoms with Crippen LogP contribution in [-0.2, 0) is 0 Å². The maximum absolute atomic E-state index is 4.39. The zero-order valence-corrected chi connectivity index (χ0v) is 8.65. The summed E-state index contributed by atoms with van der Waals surface area (Å²) in [4.78, 5) is 4.39. The molecule has 0 aliphatic heterocycles. The molecule has 0 amide bonds. The number of aliphatic imine (C=N–C) groups is 1. The Morgan fingerprint density at radius 2 is 2.08 bits per heavy atom. The molecule has 0 saturated heterocycles. The molecule has 0 rings (SSSR count). The maximum atomic E-state index is 4.39. The van der Waals surface area contributed by atoms with Gasteiger partial charge < -0.3 is 0 Å². The smallest absolute Gasteiger partial charge is 0.0887 e. The fraction of sp³-hybridized carbons (Fsp3) is 0.700. The molecule has 0 aliphatic carbocycles. The molecule has 0 spiro atoms. The second kappa shape index (κ2) is 5.09. The van der Waals surface area contributed by atoms with Gasteiger partial charge in [0.2, 0.25) is 0 Å². The van der Waals surface area contributed by atoms with Crippen molar-refractivity contribution < 1.29 is 0 Å². The molecule has 1 N–H and O–H groups in total. The highest BCUT2D eigenvalue weighted by Gasteiger charge is 2.14. The maximum Gasteiger partial charge on any atom is 0.0887 e. The van der Waals surface area contributed by atoms with Crippen molar-refractivity contribution in [2.24, 2.45) is 10.4 Å². The van der Waals surface area contributed by atoms with Crippen LogP contribution in [0, 0.1) is 5.41 Å². The molecule has 2 heteroatoms. The summed E-state index contributed by atoms with van der Waals surface area (Å²) in [5.41, 5.74) is 1.17. The average Bonchev–Trinajstić information content (AvgIpc) is 1.95. The summed E-state index contributed by atoms with van der Waals surface area (Å²) in [7, 11) is 0. The molecule has 12 heavy (non-hydrogen) atoms. The van der Waals surface area contributed by atoms with Gasteiger partial charge in [0.15, 0.2) is 0 Å². The van der Waals surface area contributed by atoms with Crippen LogP contribution in [-0.4, -0.2) is 18.9 Å². The molecule has 0 saturated carbocycles. The number of allylic oxidation sites excluding steroid dienone is 1. The third-order valence-corrected chi connectivity index (χ3v) is 1.57. The molecule has 0 aromatic rings. The Kier molecular flexibility index (Phi) is 4.83. The molecule has 0 unspecified atom stereocenters. The quantitative estimate of drug-likeness (QED) is 0.505. The Hall–Kier alpha value is -0.630. The van der Waals surface area contributed by atoms with E-state index >= 15 is 0 Å². The Bertz CT molecular complexity index is 163. The van der Waals surface area contributed by atoms with E-state index in [1.165, 1.54) is 0 Å². The topological polar surface area (TPSA) is 24.4 Å². The third kappa shape index (κ3) is 4.29. The van der Waals surface area contributed by atoms with Crippen molar-refractivity contribution in [3.63, 3.8) is 0 Å². The van der Waals surface area contributed by atoms with Gasteiger partial charge >= 0.3 is 0 Å². The summed E-state index contributed by atoms with van der Waals surface area (Å²) >= 11 is 0. The lowest BCUT2D eigenvalue weighted by atomic mass is 9.90. The van der Waals surface area contributed by atoms with Crippen LogP contribution in [0.3, 0.4) is 0 Å². The molecular weight excluding hydrogens is 148 g/mol. The molecule has 0 aromatic heterocycles. The fourth-order valence-electron chi connectivity index (χ4n) is 0.861. The standard InChI is InChI=1S/C10H20N2/c1-6-9(10(3,4)5)12-8-11-7-2/h6,11H,1,7-8H2,2-5H3/b12-9+.